The Labute approximate surface area is 89.8 Å². The summed E-state index contributed by atoms with van der Waals surface area (Å²) in [5, 5.41) is 2.76. The van der Waals surface area contributed by atoms with Crippen LogP contribution in [0.4, 0.5) is 0 Å². The maximum atomic E-state index is 11.6. The van der Waals surface area contributed by atoms with E-state index in [1.165, 1.54) is 7.11 Å². The Balaban J connectivity index is 2.68. The highest BCUT2D eigenvalue weighted by atomic mass is 16.5. The number of hydrogen-bond donors (Lipinski definition) is 1. The summed E-state index contributed by atoms with van der Waals surface area (Å²) in [6.45, 7) is 5.46. The Morgan fingerprint density at radius 1 is 1.67 bits per heavy atom. The summed E-state index contributed by atoms with van der Waals surface area (Å²) in [5.74, 6) is -0.428. The number of piperazine rings is 1. The van der Waals surface area contributed by atoms with Crippen molar-refractivity contribution in [2.45, 2.75) is 32.4 Å². The summed E-state index contributed by atoms with van der Waals surface area (Å²) < 4.78 is 4.58. The number of carbonyl (C=O) groups excluding carboxylic acids is 2. The molecule has 0 radical (unpaired) electrons. The van der Waals surface area contributed by atoms with E-state index in [9.17, 15) is 9.59 Å². The van der Waals surface area contributed by atoms with Crippen LogP contribution in [0, 0.1) is 0 Å². The fourth-order valence-electron chi connectivity index (χ4n) is 1.80. The molecule has 1 N–H and O–H groups in total. The lowest BCUT2D eigenvalue weighted by molar-refractivity contribution is -0.146. The number of ether oxygens (including phenoxy) is 1. The molecule has 1 saturated heterocycles. The Kier molecular flexibility index (Phi) is 4.08. The van der Waals surface area contributed by atoms with Gasteiger partial charge < -0.3 is 10.1 Å². The highest BCUT2D eigenvalue weighted by molar-refractivity contribution is 5.87. The first kappa shape index (κ1) is 12.0. The van der Waals surface area contributed by atoms with E-state index in [1.54, 1.807) is 0 Å². The van der Waals surface area contributed by atoms with Gasteiger partial charge in [0.25, 0.3) is 0 Å². The number of nitrogens with zero attached hydrogens (tertiary/aromatic N) is 1. The first-order valence-electron chi connectivity index (χ1n) is 5.16. The number of methoxy groups -OCH3 is 1. The number of amides is 1. The van der Waals surface area contributed by atoms with Crippen LogP contribution in [0.5, 0.6) is 0 Å². The summed E-state index contributed by atoms with van der Waals surface area (Å²) >= 11 is 0. The number of carbonyl (C=O) groups is 2. The predicted octanol–water partition coefficient (Wildman–Crippen LogP) is -0.242. The summed E-state index contributed by atoms with van der Waals surface area (Å²) in [4.78, 5) is 24.8. The molecule has 0 aromatic heterocycles. The van der Waals surface area contributed by atoms with Crippen molar-refractivity contribution in [3.05, 3.63) is 0 Å². The maximum Gasteiger partial charge on any atom is 0.307 e. The van der Waals surface area contributed by atoms with Crippen molar-refractivity contribution in [2.75, 3.05) is 20.2 Å². The molecule has 0 bridgehead atoms. The van der Waals surface area contributed by atoms with Crippen LogP contribution in [0.1, 0.15) is 20.3 Å². The minimum atomic E-state index is -0.383. The molecule has 1 fully saturated rings. The molecular formula is C10H18N2O3. The second-order valence-electron chi connectivity index (χ2n) is 3.92. The Bertz CT molecular complexity index is 253. The molecule has 0 aromatic carbocycles. The van der Waals surface area contributed by atoms with Crippen molar-refractivity contribution in [3.63, 3.8) is 0 Å². The molecule has 0 aromatic rings. The molecule has 15 heavy (non-hydrogen) atoms. The van der Waals surface area contributed by atoms with Crippen LogP contribution in [0.15, 0.2) is 0 Å². The molecule has 1 heterocycles. The van der Waals surface area contributed by atoms with E-state index in [4.69, 9.17) is 0 Å². The number of hydrogen-bond acceptors (Lipinski definition) is 4. The summed E-state index contributed by atoms with van der Waals surface area (Å²) in [6.07, 6.45) is 0.126. The second-order valence-corrected chi connectivity index (χ2v) is 3.92. The van der Waals surface area contributed by atoms with Crippen molar-refractivity contribution in [1.82, 2.24) is 10.2 Å². The normalized spacial score (nSPS) is 22.7. The van der Waals surface area contributed by atoms with E-state index in [2.05, 4.69) is 10.1 Å². The van der Waals surface area contributed by atoms with Gasteiger partial charge in [0.15, 0.2) is 0 Å². The number of esters is 1. The minimum absolute atomic E-state index is 0.0830. The van der Waals surface area contributed by atoms with Gasteiger partial charge in [-0.1, -0.05) is 0 Å². The number of nitrogens with one attached hydrogen (secondary N) is 1. The van der Waals surface area contributed by atoms with Gasteiger partial charge in [-0.05, 0) is 13.8 Å². The van der Waals surface area contributed by atoms with Crippen LogP contribution in [-0.2, 0) is 14.3 Å². The van der Waals surface area contributed by atoms with Crippen molar-refractivity contribution >= 4 is 11.9 Å². The highest BCUT2D eigenvalue weighted by Gasteiger charge is 2.33. The van der Waals surface area contributed by atoms with Gasteiger partial charge in [-0.2, -0.15) is 0 Å². The lowest BCUT2D eigenvalue weighted by Crippen LogP contribution is -2.58. The quantitative estimate of drug-likeness (QED) is 0.659. The van der Waals surface area contributed by atoms with E-state index < -0.39 is 0 Å². The molecule has 1 atom stereocenters. The standard InChI is InChI=1S/C10H18N2O3/c1-7(2)12-5-4-11-10(14)8(12)6-9(13)15-3/h7-8H,4-6H2,1-3H3,(H,11,14). The molecule has 1 unspecified atom stereocenters. The van der Waals surface area contributed by atoms with Crippen molar-refractivity contribution in [1.29, 1.82) is 0 Å². The number of rotatable bonds is 3. The molecule has 0 spiro atoms. The van der Waals surface area contributed by atoms with E-state index in [0.717, 1.165) is 6.54 Å². The topological polar surface area (TPSA) is 58.6 Å². The smallest absolute Gasteiger partial charge is 0.307 e. The maximum absolute atomic E-state index is 11.6. The third-order valence-electron chi connectivity index (χ3n) is 2.62. The third-order valence-corrected chi connectivity index (χ3v) is 2.62. The second kappa shape index (κ2) is 5.11. The average Bonchev–Trinajstić information content (AvgIpc) is 2.20. The van der Waals surface area contributed by atoms with E-state index in [-0.39, 0.29) is 30.4 Å². The largest absolute Gasteiger partial charge is 0.469 e. The van der Waals surface area contributed by atoms with Crippen molar-refractivity contribution in [3.8, 4) is 0 Å². The summed E-state index contributed by atoms with van der Waals surface area (Å²) in [6, 6.07) is -0.128. The average molecular weight is 214 g/mol. The lowest BCUT2D eigenvalue weighted by Gasteiger charge is -2.37. The third kappa shape index (κ3) is 2.92. The molecule has 1 amide bonds. The van der Waals surface area contributed by atoms with Gasteiger partial charge in [-0.15, -0.1) is 0 Å². The molecule has 1 aliphatic rings. The van der Waals surface area contributed by atoms with Gasteiger partial charge in [0.1, 0.15) is 0 Å². The zero-order valence-electron chi connectivity index (χ0n) is 9.45. The van der Waals surface area contributed by atoms with Gasteiger partial charge in [0.2, 0.25) is 5.91 Å². The Morgan fingerprint density at radius 2 is 2.33 bits per heavy atom. The van der Waals surface area contributed by atoms with E-state index >= 15 is 0 Å². The molecule has 0 aliphatic carbocycles. The lowest BCUT2D eigenvalue weighted by atomic mass is 10.1. The van der Waals surface area contributed by atoms with E-state index in [0.29, 0.717) is 6.54 Å². The molecule has 1 aliphatic heterocycles. The Morgan fingerprint density at radius 3 is 2.87 bits per heavy atom. The molecule has 5 nitrogen and oxygen atoms in total. The zero-order chi connectivity index (χ0) is 11.4. The SMILES string of the molecule is COC(=O)CC1C(=O)NCCN1C(C)C. The first-order valence-corrected chi connectivity index (χ1v) is 5.16. The molecule has 86 valence electrons. The first-order chi connectivity index (χ1) is 7.06. The van der Waals surface area contributed by atoms with Gasteiger partial charge in [0.05, 0.1) is 19.6 Å². The molecule has 5 heteroatoms. The van der Waals surface area contributed by atoms with Gasteiger partial charge in [-0.3, -0.25) is 14.5 Å². The van der Waals surface area contributed by atoms with Crippen LogP contribution >= 0.6 is 0 Å². The monoisotopic (exact) mass is 214 g/mol. The van der Waals surface area contributed by atoms with Crippen molar-refractivity contribution < 1.29 is 14.3 Å². The fourth-order valence-corrected chi connectivity index (χ4v) is 1.80. The van der Waals surface area contributed by atoms with Crippen LogP contribution in [0.2, 0.25) is 0 Å². The fraction of sp³-hybridized carbons (Fsp3) is 0.800. The van der Waals surface area contributed by atoms with Crippen LogP contribution in [-0.4, -0.2) is 49.1 Å². The van der Waals surface area contributed by atoms with Gasteiger partial charge in [0, 0.05) is 19.1 Å². The van der Waals surface area contributed by atoms with Crippen molar-refractivity contribution in [2.24, 2.45) is 0 Å². The predicted molar refractivity (Wildman–Crippen MR) is 55.3 cm³/mol. The molecule has 0 saturated carbocycles. The molecular weight excluding hydrogens is 196 g/mol. The van der Waals surface area contributed by atoms with Gasteiger partial charge in [-0.25, -0.2) is 0 Å². The van der Waals surface area contributed by atoms with Crippen LogP contribution < -0.4 is 5.32 Å². The van der Waals surface area contributed by atoms with Crippen LogP contribution in [0.25, 0.3) is 0 Å². The Hall–Kier alpha value is -1.10. The summed E-state index contributed by atoms with van der Waals surface area (Å²) in [5.41, 5.74) is 0. The minimum Gasteiger partial charge on any atom is -0.469 e. The zero-order valence-corrected chi connectivity index (χ0v) is 9.45. The summed E-state index contributed by atoms with van der Waals surface area (Å²) in [7, 11) is 1.34. The molecule has 1 rings (SSSR count). The van der Waals surface area contributed by atoms with E-state index in [1.807, 2.05) is 18.7 Å². The van der Waals surface area contributed by atoms with Gasteiger partial charge >= 0.3 is 5.97 Å². The van der Waals surface area contributed by atoms with Crippen LogP contribution in [0.3, 0.4) is 0 Å². The highest BCUT2D eigenvalue weighted by Crippen LogP contribution is 2.12.